The molecule has 0 aliphatic carbocycles. The molecule has 0 spiro atoms. The van der Waals surface area contributed by atoms with Gasteiger partial charge in [-0.15, -0.1) is 0 Å². The van der Waals surface area contributed by atoms with Gasteiger partial charge in [0.15, 0.2) is 0 Å². The van der Waals surface area contributed by atoms with Crippen molar-refractivity contribution >= 4 is 75.9 Å². The fraction of sp³-hybridized carbons (Fsp3) is 0.0833. The van der Waals surface area contributed by atoms with Crippen molar-refractivity contribution in [2.45, 2.75) is 12.2 Å². The smallest absolute Gasteiger partial charge is 0.349 e. The number of rotatable bonds is 8. The molecule has 2 N–H and O–H groups in total. The van der Waals surface area contributed by atoms with Gasteiger partial charge < -0.3 is 19.9 Å². The van der Waals surface area contributed by atoms with Crippen molar-refractivity contribution in [3.8, 4) is 0 Å². The molecule has 0 unspecified atom stereocenters. The number of nitrogens with one attached hydrogen (secondary N) is 1. The number of amides is 1. The highest BCUT2D eigenvalue weighted by Crippen LogP contribution is 2.24. The maximum Gasteiger partial charge on any atom is 0.349 e. The van der Waals surface area contributed by atoms with Crippen LogP contribution in [0.3, 0.4) is 0 Å². The average molecular weight is 571 g/mol. The molecule has 2 atom stereocenters. The van der Waals surface area contributed by atoms with E-state index in [1.165, 1.54) is 66.7 Å². The Morgan fingerprint density at radius 1 is 0.639 bits per heavy atom. The van der Waals surface area contributed by atoms with Crippen LogP contribution in [0.5, 0.6) is 0 Å². The van der Waals surface area contributed by atoms with Crippen LogP contribution in [0, 0.1) is 0 Å². The molecule has 3 aromatic carbocycles. The quantitative estimate of drug-likeness (QED) is 0.330. The van der Waals surface area contributed by atoms with Gasteiger partial charge in [-0.05, 0) is 66.7 Å². The zero-order chi connectivity index (χ0) is 26.4. The minimum Gasteiger partial charge on any atom is -0.478 e. The number of anilines is 1. The van der Waals surface area contributed by atoms with Crippen molar-refractivity contribution in [1.29, 1.82) is 0 Å². The van der Waals surface area contributed by atoms with Gasteiger partial charge in [0.05, 0.1) is 11.1 Å². The molecule has 186 valence electrons. The molecular weight excluding hydrogens is 556 g/mol. The topological polar surface area (TPSA) is 119 Å². The molecule has 0 heterocycles. The van der Waals surface area contributed by atoms with Gasteiger partial charge in [0.25, 0.3) is 5.91 Å². The van der Waals surface area contributed by atoms with Gasteiger partial charge in [0, 0.05) is 25.8 Å². The molecule has 8 nitrogen and oxygen atoms in total. The van der Waals surface area contributed by atoms with Crippen molar-refractivity contribution in [3.63, 3.8) is 0 Å². The highest BCUT2D eigenvalue weighted by Gasteiger charge is 2.41. The third kappa shape index (κ3) is 7.35. The van der Waals surface area contributed by atoms with E-state index in [0.717, 1.165) is 0 Å². The summed E-state index contributed by atoms with van der Waals surface area (Å²) < 4.78 is 10.3. The van der Waals surface area contributed by atoms with E-state index in [9.17, 15) is 24.3 Å². The summed E-state index contributed by atoms with van der Waals surface area (Å²) in [5, 5.41) is 13.2. The summed E-state index contributed by atoms with van der Waals surface area (Å²) in [6.07, 6.45) is -4.33. The number of halogens is 4. The third-order valence-electron chi connectivity index (χ3n) is 4.53. The Morgan fingerprint density at radius 3 is 1.47 bits per heavy atom. The van der Waals surface area contributed by atoms with Gasteiger partial charge in [-0.25, -0.2) is 14.4 Å². The SMILES string of the molecule is O=C(O[C@H](C(=O)O)[C@H](OC(=O)c1ccc(Cl)cc1)C(=O)Nc1cc(Cl)cc(Cl)c1)c1ccc(Cl)cc1. The minimum absolute atomic E-state index is 0.0313. The first kappa shape index (κ1) is 27.3. The number of esters is 2. The summed E-state index contributed by atoms with van der Waals surface area (Å²) in [7, 11) is 0. The number of carboxylic acids is 1. The van der Waals surface area contributed by atoms with Crippen LogP contribution in [-0.2, 0) is 19.1 Å². The van der Waals surface area contributed by atoms with Gasteiger partial charge in [-0.2, -0.15) is 0 Å². The summed E-state index contributed by atoms with van der Waals surface area (Å²) in [6.45, 7) is 0. The number of aliphatic carboxylic acids is 1. The Labute approximate surface area is 224 Å². The van der Waals surface area contributed by atoms with E-state index in [2.05, 4.69) is 5.32 Å². The van der Waals surface area contributed by atoms with Crippen molar-refractivity contribution in [1.82, 2.24) is 0 Å². The summed E-state index contributed by atoms with van der Waals surface area (Å²) in [5.74, 6) is -5.02. The summed E-state index contributed by atoms with van der Waals surface area (Å²) in [4.78, 5) is 50.5. The Balaban J connectivity index is 1.92. The van der Waals surface area contributed by atoms with E-state index in [1.807, 2.05) is 0 Å². The molecule has 12 heteroatoms. The first-order valence-corrected chi connectivity index (χ1v) is 11.5. The molecule has 0 saturated heterocycles. The van der Waals surface area contributed by atoms with E-state index in [4.69, 9.17) is 55.9 Å². The zero-order valence-corrected chi connectivity index (χ0v) is 20.9. The van der Waals surface area contributed by atoms with Crippen LogP contribution in [0.15, 0.2) is 66.7 Å². The summed E-state index contributed by atoms with van der Waals surface area (Å²) in [6, 6.07) is 14.9. The van der Waals surface area contributed by atoms with E-state index in [-0.39, 0.29) is 26.9 Å². The predicted molar refractivity (Wildman–Crippen MR) is 134 cm³/mol. The highest BCUT2D eigenvalue weighted by molar-refractivity contribution is 6.35. The number of hydrogen-bond donors (Lipinski definition) is 2. The lowest BCUT2D eigenvalue weighted by Gasteiger charge is -2.23. The molecule has 0 radical (unpaired) electrons. The first-order valence-electron chi connectivity index (χ1n) is 9.96. The standard InChI is InChI=1S/C24H15Cl4NO7/c25-14-5-1-12(2-6-14)23(33)35-19(21(30)29-18-10-16(27)9-17(28)11-18)20(22(31)32)36-24(34)13-3-7-15(26)8-4-13/h1-11,19-20H,(H,29,30)(H,31,32)/t19-,20-/m0/s1. The largest absolute Gasteiger partial charge is 0.478 e. The van der Waals surface area contributed by atoms with E-state index >= 15 is 0 Å². The summed E-state index contributed by atoms with van der Waals surface area (Å²) >= 11 is 23.5. The Hall–Kier alpha value is -3.30. The van der Waals surface area contributed by atoms with Crippen LogP contribution in [0.4, 0.5) is 5.69 Å². The van der Waals surface area contributed by atoms with Gasteiger partial charge in [0.1, 0.15) is 0 Å². The molecule has 3 rings (SSSR count). The van der Waals surface area contributed by atoms with Gasteiger partial charge in [0.2, 0.25) is 12.2 Å². The van der Waals surface area contributed by atoms with Crippen molar-refractivity contribution in [3.05, 3.63) is 97.9 Å². The Bertz CT molecular complexity index is 1280. The molecule has 0 saturated carbocycles. The van der Waals surface area contributed by atoms with Crippen LogP contribution >= 0.6 is 46.4 Å². The van der Waals surface area contributed by atoms with Crippen LogP contribution < -0.4 is 5.32 Å². The van der Waals surface area contributed by atoms with Crippen molar-refractivity contribution in [2.75, 3.05) is 5.32 Å². The normalized spacial score (nSPS) is 12.2. The molecule has 0 aliphatic heterocycles. The van der Waals surface area contributed by atoms with Gasteiger partial charge >= 0.3 is 17.9 Å². The number of carboxylic acid groups (broad SMARTS) is 1. The summed E-state index contributed by atoms with van der Waals surface area (Å²) in [5.41, 5.74) is 0.00448. The minimum atomic E-state index is -2.22. The lowest BCUT2D eigenvalue weighted by Crippen LogP contribution is -2.48. The average Bonchev–Trinajstić information content (AvgIpc) is 2.81. The van der Waals surface area contributed by atoms with Crippen LogP contribution in [0.2, 0.25) is 20.1 Å². The molecule has 0 aromatic heterocycles. The Kier molecular flexibility index (Phi) is 9.17. The number of hydrogen-bond acceptors (Lipinski definition) is 6. The van der Waals surface area contributed by atoms with E-state index < -0.39 is 36.0 Å². The van der Waals surface area contributed by atoms with Crippen molar-refractivity contribution < 1.29 is 33.8 Å². The second-order valence-electron chi connectivity index (χ2n) is 7.15. The number of benzene rings is 3. The van der Waals surface area contributed by atoms with Crippen LogP contribution in [-0.4, -0.2) is 41.1 Å². The van der Waals surface area contributed by atoms with Crippen LogP contribution in [0.1, 0.15) is 20.7 Å². The molecular formula is C24H15Cl4NO7. The van der Waals surface area contributed by atoms with Crippen LogP contribution in [0.25, 0.3) is 0 Å². The fourth-order valence-electron chi connectivity index (χ4n) is 2.87. The molecule has 3 aromatic rings. The monoisotopic (exact) mass is 569 g/mol. The number of carbonyl (C=O) groups excluding carboxylic acids is 3. The van der Waals surface area contributed by atoms with E-state index in [0.29, 0.717) is 10.0 Å². The molecule has 0 aliphatic rings. The number of carbonyl (C=O) groups is 4. The van der Waals surface area contributed by atoms with E-state index in [1.54, 1.807) is 0 Å². The maximum atomic E-state index is 13.1. The first-order chi connectivity index (χ1) is 17.0. The molecule has 1 amide bonds. The molecule has 0 fully saturated rings. The van der Waals surface area contributed by atoms with Crippen molar-refractivity contribution in [2.24, 2.45) is 0 Å². The number of ether oxygens (including phenoxy) is 2. The highest BCUT2D eigenvalue weighted by atomic mass is 35.5. The third-order valence-corrected chi connectivity index (χ3v) is 5.48. The fourth-order valence-corrected chi connectivity index (χ4v) is 3.65. The lowest BCUT2D eigenvalue weighted by molar-refractivity contribution is -0.157. The maximum absolute atomic E-state index is 13.1. The van der Waals surface area contributed by atoms with Gasteiger partial charge in [-0.1, -0.05) is 46.4 Å². The second-order valence-corrected chi connectivity index (χ2v) is 8.90. The Morgan fingerprint density at radius 2 is 1.06 bits per heavy atom. The zero-order valence-electron chi connectivity index (χ0n) is 17.9. The molecule has 36 heavy (non-hydrogen) atoms. The lowest BCUT2D eigenvalue weighted by atomic mass is 10.1. The van der Waals surface area contributed by atoms with Gasteiger partial charge in [-0.3, -0.25) is 4.79 Å². The second kappa shape index (κ2) is 12.1. The molecule has 0 bridgehead atoms. The predicted octanol–water partition coefficient (Wildman–Crippen LogP) is 5.77.